The fraction of sp³-hybridized carbons (Fsp3) is 0.545. The zero-order valence-electron chi connectivity index (χ0n) is 9.64. The molecule has 0 bridgehead atoms. The summed E-state index contributed by atoms with van der Waals surface area (Å²) in [6.45, 7) is 2.66. The van der Waals surface area contributed by atoms with Gasteiger partial charge in [0.25, 0.3) is 11.5 Å². The lowest BCUT2D eigenvalue weighted by Crippen LogP contribution is -2.63. The molecule has 0 aliphatic carbocycles. The van der Waals surface area contributed by atoms with Gasteiger partial charge in [0.1, 0.15) is 5.69 Å². The average molecular weight is 237 g/mol. The summed E-state index contributed by atoms with van der Waals surface area (Å²) in [6.07, 6.45) is 3.94. The van der Waals surface area contributed by atoms with Gasteiger partial charge >= 0.3 is 0 Å². The van der Waals surface area contributed by atoms with Crippen molar-refractivity contribution in [2.45, 2.75) is 25.4 Å². The molecule has 0 atom stereocenters. The third kappa shape index (κ3) is 2.36. The molecule has 1 aliphatic heterocycles. The Labute approximate surface area is 98.3 Å². The van der Waals surface area contributed by atoms with Crippen LogP contribution < -0.4 is 5.56 Å². The minimum Gasteiger partial charge on any atom is -0.386 e. The third-order valence-electron chi connectivity index (χ3n) is 2.86. The number of hydrogen-bond donors (Lipinski definition) is 2. The van der Waals surface area contributed by atoms with Crippen LogP contribution in [0.5, 0.6) is 0 Å². The van der Waals surface area contributed by atoms with Crippen LogP contribution in [0.2, 0.25) is 0 Å². The molecule has 1 aromatic rings. The molecular weight excluding hydrogens is 222 g/mol. The number of amides is 1. The first-order valence-corrected chi connectivity index (χ1v) is 5.60. The minimum absolute atomic E-state index is 0.197. The van der Waals surface area contributed by atoms with E-state index in [0.29, 0.717) is 19.5 Å². The molecule has 1 saturated heterocycles. The molecule has 1 aromatic heterocycles. The normalized spacial score (nSPS) is 17.6. The SMILES string of the molecule is CCCC1(O)CN(C(=O)c2c[nH]c(=O)cn2)C1. The lowest BCUT2D eigenvalue weighted by Gasteiger charge is -2.46. The van der Waals surface area contributed by atoms with Crippen LogP contribution in [-0.4, -0.2) is 44.6 Å². The van der Waals surface area contributed by atoms with E-state index in [1.165, 1.54) is 11.1 Å². The first kappa shape index (κ1) is 11.8. The van der Waals surface area contributed by atoms with Crippen LogP contribution in [0.1, 0.15) is 30.3 Å². The standard InChI is InChI=1S/C11H15N3O3/c1-2-3-11(17)6-14(7-11)10(16)8-4-13-9(15)5-12-8/h4-5,17H,2-3,6-7H2,1H3,(H,13,15). The number of carbonyl (C=O) groups is 1. The van der Waals surface area contributed by atoms with Gasteiger partial charge in [-0.15, -0.1) is 0 Å². The molecule has 2 heterocycles. The number of nitrogens with zero attached hydrogens (tertiary/aromatic N) is 2. The smallest absolute Gasteiger partial charge is 0.274 e. The van der Waals surface area contributed by atoms with Crippen molar-refractivity contribution in [3.05, 3.63) is 28.4 Å². The van der Waals surface area contributed by atoms with Gasteiger partial charge in [0.15, 0.2) is 0 Å². The molecule has 1 fully saturated rings. The molecule has 1 amide bonds. The maximum Gasteiger partial charge on any atom is 0.274 e. The molecule has 0 spiro atoms. The quantitative estimate of drug-likeness (QED) is 0.759. The van der Waals surface area contributed by atoms with Crippen molar-refractivity contribution in [1.29, 1.82) is 0 Å². The second kappa shape index (κ2) is 4.29. The van der Waals surface area contributed by atoms with Gasteiger partial charge in [-0.3, -0.25) is 9.59 Å². The van der Waals surface area contributed by atoms with Crippen molar-refractivity contribution in [3.63, 3.8) is 0 Å². The van der Waals surface area contributed by atoms with Crippen molar-refractivity contribution in [2.24, 2.45) is 0 Å². The van der Waals surface area contributed by atoms with Crippen molar-refractivity contribution in [3.8, 4) is 0 Å². The summed E-state index contributed by atoms with van der Waals surface area (Å²) in [7, 11) is 0. The topological polar surface area (TPSA) is 86.3 Å². The number of hydrogen-bond acceptors (Lipinski definition) is 4. The highest BCUT2D eigenvalue weighted by Gasteiger charge is 2.43. The Hall–Kier alpha value is -1.69. The Kier molecular flexibility index (Phi) is 2.97. The lowest BCUT2D eigenvalue weighted by atomic mass is 9.89. The molecular formula is C11H15N3O3. The van der Waals surface area contributed by atoms with E-state index in [1.54, 1.807) is 0 Å². The van der Waals surface area contributed by atoms with Gasteiger partial charge in [-0.25, -0.2) is 4.98 Å². The van der Waals surface area contributed by atoms with Gasteiger partial charge in [-0.2, -0.15) is 0 Å². The van der Waals surface area contributed by atoms with Crippen molar-refractivity contribution >= 4 is 5.91 Å². The summed E-state index contributed by atoms with van der Waals surface area (Å²) in [6, 6.07) is 0. The van der Waals surface area contributed by atoms with Crippen LogP contribution in [0.15, 0.2) is 17.2 Å². The van der Waals surface area contributed by atoms with Crippen LogP contribution in [0.25, 0.3) is 0 Å². The number of likely N-dealkylation sites (tertiary alicyclic amines) is 1. The van der Waals surface area contributed by atoms with Crippen LogP contribution in [0.4, 0.5) is 0 Å². The van der Waals surface area contributed by atoms with Gasteiger partial charge in [0.2, 0.25) is 0 Å². The van der Waals surface area contributed by atoms with Crippen LogP contribution in [0, 0.1) is 0 Å². The number of aromatic nitrogens is 2. The zero-order chi connectivity index (χ0) is 12.5. The van der Waals surface area contributed by atoms with Crippen molar-refractivity contribution < 1.29 is 9.90 Å². The molecule has 0 saturated carbocycles. The van der Waals surface area contributed by atoms with E-state index in [9.17, 15) is 14.7 Å². The summed E-state index contributed by atoms with van der Waals surface area (Å²) in [5.41, 5.74) is -0.886. The van der Waals surface area contributed by atoms with Crippen LogP contribution in [-0.2, 0) is 0 Å². The Morgan fingerprint density at radius 3 is 2.88 bits per heavy atom. The first-order valence-electron chi connectivity index (χ1n) is 5.60. The summed E-state index contributed by atoms with van der Waals surface area (Å²) in [4.78, 5) is 30.3. The number of β-amino-alcohol motifs (C(OH)–C–C–N with tert-alkyl or cyclic N) is 1. The number of rotatable bonds is 3. The predicted molar refractivity (Wildman–Crippen MR) is 60.6 cm³/mol. The van der Waals surface area contributed by atoms with E-state index in [2.05, 4.69) is 9.97 Å². The number of H-pyrrole nitrogens is 1. The second-order valence-electron chi connectivity index (χ2n) is 4.43. The highest BCUT2D eigenvalue weighted by Crippen LogP contribution is 2.26. The van der Waals surface area contributed by atoms with Gasteiger partial charge in [-0.05, 0) is 6.42 Å². The Morgan fingerprint density at radius 2 is 2.35 bits per heavy atom. The molecule has 17 heavy (non-hydrogen) atoms. The fourth-order valence-corrected chi connectivity index (χ4v) is 2.05. The summed E-state index contributed by atoms with van der Waals surface area (Å²) in [5.74, 6) is -0.262. The monoisotopic (exact) mass is 237 g/mol. The molecule has 2 rings (SSSR count). The van der Waals surface area contributed by atoms with E-state index in [1.807, 2.05) is 6.92 Å². The molecule has 6 nitrogen and oxygen atoms in total. The van der Waals surface area contributed by atoms with Gasteiger partial charge in [-0.1, -0.05) is 13.3 Å². The largest absolute Gasteiger partial charge is 0.386 e. The number of nitrogens with one attached hydrogen (secondary N) is 1. The lowest BCUT2D eigenvalue weighted by molar-refractivity contribution is -0.0861. The zero-order valence-corrected chi connectivity index (χ0v) is 9.64. The average Bonchev–Trinajstić information content (AvgIpc) is 2.26. The first-order chi connectivity index (χ1) is 8.04. The number of aliphatic hydroxyl groups is 1. The highest BCUT2D eigenvalue weighted by atomic mass is 16.3. The molecule has 6 heteroatoms. The summed E-state index contributed by atoms with van der Waals surface area (Å²) >= 11 is 0. The molecule has 92 valence electrons. The van der Waals surface area contributed by atoms with Crippen LogP contribution in [0.3, 0.4) is 0 Å². The Balaban J connectivity index is 2.00. The Morgan fingerprint density at radius 1 is 1.65 bits per heavy atom. The molecule has 0 unspecified atom stereocenters. The summed E-state index contributed by atoms with van der Waals surface area (Å²) < 4.78 is 0. The third-order valence-corrected chi connectivity index (χ3v) is 2.86. The highest BCUT2D eigenvalue weighted by molar-refractivity contribution is 5.92. The Bertz CT molecular complexity index is 457. The minimum atomic E-state index is -0.743. The van der Waals surface area contributed by atoms with E-state index in [0.717, 1.165) is 12.6 Å². The molecule has 0 radical (unpaired) electrons. The second-order valence-corrected chi connectivity index (χ2v) is 4.43. The molecule has 2 N–H and O–H groups in total. The predicted octanol–water partition coefficient (Wildman–Crippen LogP) is -0.243. The van der Waals surface area contributed by atoms with E-state index >= 15 is 0 Å². The van der Waals surface area contributed by atoms with Crippen LogP contribution >= 0.6 is 0 Å². The van der Waals surface area contributed by atoms with Crippen molar-refractivity contribution in [1.82, 2.24) is 14.9 Å². The van der Waals surface area contributed by atoms with Crippen molar-refractivity contribution in [2.75, 3.05) is 13.1 Å². The van der Waals surface area contributed by atoms with E-state index < -0.39 is 5.60 Å². The van der Waals surface area contributed by atoms with E-state index in [4.69, 9.17) is 0 Å². The summed E-state index contributed by atoms with van der Waals surface area (Å²) in [5, 5.41) is 9.95. The van der Waals surface area contributed by atoms with Gasteiger partial charge in [0, 0.05) is 6.20 Å². The number of aromatic amines is 1. The van der Waals surface area contributed by atoms with Gasteiger partial charge in [0.05, 0.1) is 24.9 Å². The maximum absolute atomic E-state index is 11.9. The number of carbonyl (C=O) groups excluding carboxylic acids is 1. The fourth-order valence-electron chi connectivity index (χ4n) is 2.05. The van der Waals surface area contributed by atoms with Gasteiger partial charge < -0.3 is 15.0 Å². The molecule has 1 aliphatic rings. The maximum atomic E-state index is 11.9. The molecule has 0 aromatic carbocycles. The van der Waals surface area contributed by atoms with E-state index in [-0.39, 0.29) is 17.2 Å².